The lowest BCUT2D eigenvalue weighted by Crippen LogP contribution is -2.64. The first-order valence-corrected chi connectivity index (χ1v) is 9.19. The Bertz CT molecular complexity index is 770. The van der Waals surface area contributed by atoms with E-state index in [4.69, 9.17) is 0 Å². The molecule has 4 rings (SSSR count). The van der Waals surface area contributed by atoms with E-state index in [1.54, 1.807) is 0 Å². The Hall–Kier alpha value is -2.37. The number of aliphatic carboxylic acids is 1. The largest absolute Gasteiger partial charge is 0.478 e. The maximum absolute atomic E-state index is 12.2. The van der Waals surface area contributed by atoms with Gasteiger partial charge in [-0.15, -0.1) is 0 Å². The molecule has 0 spiro atoms. The molecule has 0 bridgehead atoms. The van der Waals surface area contributed by atoms with Gasteiger partial charge in [0.25, 0.3) is 0 Å². The second-order valence-corrected chi connectivity index (χ2v) is 7.37. The van der Waals surface area contributed by atoms with Gasteiger partial charge in [-0.25, -0.2) is 4.79 Å². The minimum Gasteiger partial charge on any atom is -0.478 e. The number of carboxylic acid groups (broad SMARTS) is 1. The van der Waals surface area contributed by atoms with E-state index in [-0.39, 0.29) is 0 Å². The number of aryl methyl sites for hydroxylation is 1. The molecule has 0 radical (unpaired) electrons. The highest BCUT2D eigenvalue weighted by Gasteiger charge is 2.49. The van der Waals surface area contributed by atoms with Crippen LogP contribution in [0.5, 0.6) is 0 Å². The fourth-order valence-electron chi connectivity index (χ4n) is 4.03. The van der Waals surface area contributed by atoms with Gasteiger partial charge in [-0.2, -0.15) is 0 Å². The van der Waals surface area contributed by atoms with Gasteiger partial charge in [-0.05, 0) is 24.1 Å². The predicted octanol–water partition coefficient (Wildman–Crippen LogP) is 2.56. The van der Waals surface area contributed by atoms with Gasteiger partial charge in [0.05, 0.1) is 0 Å². The second kappa shape index (κ2) is 6.74. The summed E-state index contributed by atoms with van der Waals surface area (Å²) in [6.45, 7) is 6.27. The summed E-state index contributed by atoms with van der Waals surface area (Å²) < 4.78 is 0. The van der Waals surface area contributed by atoms with Crippen molar-refractivity contribution in [1.29, 1.82) is 0 Å². The summed E-state index contributed by atoms with van der Waals surface area (Å²) in [5, 5.41) is 13.3. The molecule has 1 atom stereocenters. The number of rotatable bonds is 4. The van der Waals surface area contributed by atoms with E-state index in [1.165, 1.54) is 11.1 Å². The number of para-hydroxylation sites is 1. The third-order valence-electron chi connectivity index (χ3n) is 5.60. The van der Waals surface area contributed by atoms with E-state index in [1.807, 2.05) is 24.3 Å². The quantitative estimate of drug-likeness (QED) is 0.887. The summed E-state index contributed by atoms with van der Waals surface area (Å²) in [4.78, 5) is 16.7. The molecule has 2 N–H and O–H groups in total. The highest BCUT2D eigenvalue weighted by atomic mass is 16.4. The molecule has 1 fully saturated rings. The van der Waals surface area contributed by atoms with Crippen molar-refractivity contribution < 1.29 is 9.90 Å². The number of piperazine rings is 1. The van der Waals surface area contributed by atoms with Crippen LogP contribution in [0.4, 0.5) is 5.69 Å². The first-order valence-electron chi connectivity index (χ1n) is 9.19. The number of benzene rings is 2. The van der Waals surface area contributed by atoms with Crippen molar-refractivity contribution >= 4 is 11.7 Å². The number of hydrogen-bond donors (Lipinski definition) is 2. The molecule has 2 aromatic rings. The van der Waals surface area contributed by atoms with E-state index in [9.17, 15) is 9.90 Å². The number of fused-ring (bicyclic) bond motifs is 1. The Balaban J connectivity index is 1.43. The van der Waals surface area contributed by atoms with Gasteiger partial charge in [-0.1, -0.05) is 48.0 Å². The van der Waals surface area contributed by atoms with Crippen LogP contribution >= 0.6 is 0 Å². The summed E-state index contributed by atoms with van der Waals surface area (Å²) in [5.74, 6) is -0.791. The molecule has 2 aliphatic heterocycles. The van der Waals surface area contributed by atoms with Crippen LogP contribution in [0, 0.1) is 6.92 Å². The summed E-state index contributed by atoms with van der Waals surface area (Å²) in [5.41, 5.74) is 3.59. The first kappa shape index (κ1) is 17.1. The van der Waals surface area contributed by atoms with Crippen LogP contribution in [-0.4, -0.2) is 52.7 Å². The van der Waals surface area contributed by atoms with E-state index in [0.717, 1.165) is 44.0 Å². The number of carbonyl (C=O) groups is 1. The standard InChI is InChI=1S/C21H25N3O2/c1-16-6-8-17(9-7-16)15-23-10-12-24(13-11-23)21(20(25)26)14-18-4-2-3-5-19(18)22-21/h2-9,22H,10-15H2,1H3,(H,25,26)/t21-/m1/s1. The molecule has 136 valence electrons. The van der Waals surface area contributed by atoms with Crippen LogP contribution in [0.1, 0.15) is 16.7 Å². The molecule has 5 nitrogen and oxygen atoms in total. The number of anilines is 1. The van der Waals surface area contributed by atoms with Gasteiger partial charge in [0.2, 0.25) is 0 Å². The first-order chi connectivity index (χ1) is 12.6. The van der Waals surface area contributed by atoms with Crippen LogP contribution < -0.4 is 5.32 Å². The summed E-state index contributed by atoms with van der Waals surface area (Å²) in [6.07, 6.45) is 0.510. The van der Waals surface area contributed by atoms with Gasteiger partial charge in [0.15, 0.2) is 5.66 Å². The van der Waals surface area contributed by atoms with Crippen molar-refractivity contribution in [2.24, 2.45) is 0 Å². The molecule has 0 aliphatic carbocycles. The average molecular weight is 351 g/mol. The van der Waals surface area contributed by atoms with Crippen LogP contribution in [0.2, 0.25) is 0 Å². The van der Waals surface area contributed by atoms with E-state index < -0.39 is 11.6 Å². The van der Waals surface area contributed by atoms with Crippen molar-refractivity contribution in [3.63, 3.8) is 0 Å². The molecule has 0 amide bonds. The van der Waals surface area contributed by atoms with Crippen LogP contribution in [-0.2, 0) is 17.8 Å². The van der Waals surface area contributed by atoms with Crippen molar-refractivity contribution in [2.45, 2.75) is 25.6 Å². The van der Waals surface area contributed by atoms with Gasteiger partial charge < -0.3 is 10.4 Å². The van der Waals surface area contributed by atoms with Gasteiger partial charge >= 0.3 is 5.97 Å². The Morgan fingerprint density at radius 3 is 2.42 bits per heavy atom. The molecule has 2 aliphatic rings. The van der Waals surface area contributed by atoms with Crippen LogP contribution in [0.25, 0.3) is 0 Å². The number of carboxylic acids is 1. The molecular weight excluding hydrogens is 326 g/mol. The third kappa shape index (κ3) is 3.08. The molecule has 0 unspecified atom stereocenters. The number of hydrogen-bond acceptors (Lipinski definition) is 4. The molecule has 5 heteroatoms. The topological polar surface area (TPSA) is 55.8 Å². The van der Waals surface area contributed by atoms with E-state index in [2.05, 4.69) is 46.3 Å². The van der Waals surface area contributed by atoms with Gasteiger partial charge in [0, 0.05) is 44.8 Å². The lowest BCUT2D eigenvalue weighted by molar-refractivity contribution is -0.150. The Morgan fingerprint density at radius 2 is 1.77 bits per heavy atom. The molecule has 2 heterocycles. The molecule has 26 heavy (non-hydrogen) atoms. The molecule has 0 saturated carbocycles. The van der Waals surface area contributed by atoms with Crippen LogP contribution in [0.15, 0.2) is 48.5 Å². The maximum atomic E-state index is 12.2. The smallest absolute Gasteiger partial charge is 0.345 e. The zero-order valence-corrected chi connectivity index (χ0v) is 15.1. The summed E-state index contributed by atoms with van der Waals surface area (Å²) >= 11 is 0. The lowest BCUT2D eigenvalue weighted by atomic mass is 10.0. The van der Waals surface area contributed by atoms with Crippen molar-refractivity contribution in [3.05, 3.63) is 65.2 Å². The Kier molecular flexibility index (Phi) is 4.42. The third-order valence-corrected chi connectivity index (χ3v) is 5.60. The zero-order valence-electron chi connectivity index (χ0n) is 15.1. The number of nitrogens with zero attached hydrogens (tertiary/aromatic N) is 2. The summed E-state index contributed by atoms with van der Waals surface area (Å²) in [6, 6.07) is 16.5. The van der Waals surface area contributed by atoms with Gasteiger partial charge in [0.1, 0.15) is 0 Å². The highest BCUT2D eigenvalue weighted by molar-refractivity contribution is 5.86. The fourth-order valence-corrected chi connectivity index (χ4v) is 4.03. The normalized spacial score (nSPS) is 23.4. The highest BCUT2D eigenvalue weighted by Crippen LogP contribution is 2.35. The Morgan fingerprint density at radius 1 is 1.08 bits per heavy atom. The van der Waals surface area contributed by atoms with E-state index >= 15 is 0 Å². The van der Waals surface area contributed by atoms with Crippen molar-refractivity contribution in [2.75, 3.05) is 31.5 Å². The minimum atomic E-state index is -1.01. The fraction of sp³-hybridized carbons (Fsp3) is 0.381. The maximum Gasteiger partial charge on any atom is 0.345 e. The minimum absolute atomic E-state index is 0.510. The number of nitrogens with one attached hydrogen (secondary N) is 1. The molecule has 2 aromatic carbocycles. The van der Waals surface area contributed by atoms with Gasteiger partial charge in [-0.3, -0.25) is 9.80 Å². The average Bonchev–Trinajstić information content (AvgIpc) is 3.05. The molecule has 1 saturated heterocycles. The predicted molar refractivity (Wildman–Crippen MR) is 102 cm³/mol. The molecule has 0 aromatic heterocycles. The van der Waals surface area contributed by atoms with Crippen LogP contribution in [0.3, 0.4) is 0 Å². The molecular formula is C21H25N3O2. The van der Waals surface area contributed by atoms with E-state index in [0.29, 0.717) is 6.42 Å². The van der Waals surface area contributed by atoms with Crippen molar-refractivity contribution in [3.8, 4) is 0 Å². The lowest BCUT2D eigenvalue weighted by Gasteiger charge is -2.43. The zero-order chi connectivity index (χ0) is 18.1. The monoisotopic (exact) mass is 351 g/mol. The Labute approximate surface area is 154 Å². The van der Waals surface area contributed by atoms with Crippen molar-refractivity contribution in [1.82, 2.24) is 9.80 Å². The summed E-state index contributed by atoms with van der Waals surface area (Å²) in [7, 11) is 0. The SMILES string of the molecule is Cc1ccc(CN2CCN([C@@]3(C(=O)O)Cc4ccccc4N3)CC2)cc1. The second-order valence-electron chi connectivity index (χ2n) is 7.37.